The van der Waals surface area contributed by atoms with Crippen molar-refractivity contribution in [2.45, 2.75) is 45.2 Å². The van der Waals surface area contributed by atoms with Crippen molar-refractivity contribution < 1.29 is 4.79 Å². The summed E-state index contributed by atoms with van der Waals surface area (Å²) < 4.78 is 2.02. The van der Waals surface area contributed by atoms with Gasteiger partial charge in [0.25, 0.3) is 0 Å². The summed E-state index contributed by atoms with van der Waals surface area (Å²) in [4.78, 5) is 19.8. The topological polar surface area (TPSA) is 38.1 Å². The first-order valence-electron chi connectivity index (χ1n) is 9.35. The number of hydrogen-bond donors (Lipinski definition) is 0. The normalized spacial score (nSPS) is 21.9. The van der Waals surface area contributed by atoms with Crippen molar-refractivity contribution in [2.24, 2.45) is 5.92 Å². The Morgan fingerprint density at radius 1 is 1.24 bits per heavy atom. The monoisotopic (exact) mass is 335 g/mol. The molecule has 4 nitrogen and oxygen atoms in total. The number of hydrogen-bond acceptors (Lipinski definition) is 3. The maximum atomic E-state index is 13.3. The van der Waals surface area contributed by atoms with Gasteiger partial charge in [0.15, 0.2) is 5.78 Å². The molecule has 0 spiro atoms. The Balaban J connectivity index is 1.62. The number of ketones is 1. The highest BCUT2D eigenvalue weighted by molar-refractivity contribution is 6.08. The Bertz CT molecular complexity index is 778. The van der Waals surface area contributed by atoms with Crippen LogP contribution < -0.4 is 4.90 Å². The highest BCUT2D eigenvalue weighted by atomic mass is 16.1. The van der Waals surface area contributed by atoms with E-state index < -0.39 is 0 Å². The third kappa shape index (κ3) is 2.90. The van der Waals surface area contributed by atoms with Crippen LogP contribution in [-0.4, -0.2) is 27.9 Å². The summed E-state index contributed by atoms with van der Waals surface area (Å²) in [6.45, 7) is 3.89. The SMILES string of the molecule is CCCCCN1c2ccccc2C2=CCC(Cn3ccnc3)C(=O)C21. The van der Waals surface area contributed by atoms with E-state index in [2.05, 4.69) is 47.1 Å². The molecule has 0 bridgehead atoms. The number of rotatable bonds is 6. The fraction of sp³-hybridized carbons (Fsp3) is 0.429. The largest absolute Gasteiger partial charge is 0.357 e. The van der Waals surface area contributed by atoms with E-state index in [-0.39, 0.29) is 12.0 Å². The lowest BCUT2D eigenvalue weighted by Crippen LogP contribution is -2.44. The first-order valence-corrected chi connectivity index (χ1v) is 9.35. The number of anilines is 1. The van der Waals surface area contributed by atoms with Crippen molar-refractivity contribution in [1.82, 2.24) is 9.55 Å². The molecule has 4 rings (SSSR count). The lowest BCUT2D eigenvalue weighted by atomic mass is 9.83. The average Bonchev–Trinajstić information content (AvgIpc) is 3.25. The Kier molecular flexibility index (Phi) is 4.43. The van der Waals surface area contributed by atoms with Crippen LogP contribution in [0.25, 0.3) is 5.57 Å². The van der Waals surface area contributed by atoms with E-state index in [9.17, 15) is 4.79 Å². The molecule has 1 aromatic heterocycles. The van der Waals surface area contributed by atoms with E-state index in [1.165, 1.54) is 29.7 Å². The zero-order chi connectivity index (χ0) is 17.2. The van der Waals surface area contributed by atoms with Gasteiger partial charge in [0.1, 0.15) is 6.04 Å². The molecule has 2 aliphatic rings. The van der Waals surface area contributed by atoms with Crippen molar-refractivity contribution in [3.63, 3.8) is 0 Å². The van der Waals surface area contributed by atoms with Crippen molar-refractivity contribution in [2.75, 3.05) is 11.4 Å². The fourth-order valence-corrected chi connectivity index (χ4v) is 4.15. The fourth-order valence-electron chi connectivity index (χ4n) is 4.15. The molecule has 1 aliphatic carbocycles. The molecule has 0 radical (unpaired) electrons. The van der Waals surface area contributed by atoms with Crippen LogP contribution in [0, 0.1) is 5.92 Å². The van der Waals surface area contributed by atoms with Gasteiger partial charge < -0.3 is 9.47 Å². The van der Waals surface area contributed by atoms with Crippen molar-refractivity contribution in [3.05, 3.63) is 54.6 Å². The van der Waals surface area contributed by atoms with Crippen molar-refractivity contribution in [3.8, 4) is 0 Å². The number of carbonyl (C=O) groups excluding carboxylic acids is 1. The minimum atomic E-state index is -0.100. The molecule has 2 aromatic rings. The van der Waals surface area contributed by atoms with E-state index in [1.807, 2.05) is 10.8 Å². The van der Waals surface area contributed by atoms with Gasteiger partial charge in [0.05, 0.1) is 6.33 Å². The van der Waals surface area contributed by atoms with Crippen LogP contribution in [-0.2, 0) is 11.3 Å². The van der Waals surface area contributed by atoms with Gasteiger partial charge in [-0.25, -0.2) is 4.98 Å². The second-order valence-electron chi connectivity index (χ2n) is 7.07. The van der Waals surface area contributed by atoms with Gasteiger partial charge >= 0.3 is 0 Å². The minimum absolute atomic E-state index is 0.0333. The second kappa shape index (κ2) is 6.87. The number of para-hydroxylation sites is 1. The van der Waals surface area contributed by atoms with Gasteiger partial charge in [-0.15, -0.1) is 0 Å². The Labute approximate surface area is 149 Å². The van der Waals surface area contributed by atoms with Gasteiger partial charge in [-0.1, -0.05) is 44.0 Å². The molecule has 0 amide bonds. The lowest BCUT2D eigenvalue weighted by molar-refractivity contribution is -0.123. The van der Waals surface area contributed by atoms with Crippen LogP contribution in [0.5, 0.6) is 0 Å². The summed E-state index contributed by atoms with van der Waals surface area (Å²) >= 11 is 0. The Morgan fingerprint density at radius 2 is 2.12 bits per heavy atom. The maximum Gasteiger partial charge on any atom is 0.164 e. The highest BCUT2D eigenvalue weighted by Crippen LogP contribution is 2.44. The zero-order valence-corrected chi connectivity index (χ0v) is 14.8. The second-order valence-corrected chi connectivity index (χ2v) is 7.07. The molecule has 0 saturated heterocycles. The van der Waals surface area contributed by atoms with E-state index in [1.54, 1.807) is 12.5 Å². The predicted molar refractivity (Wildman–Crippen MR) is 100 cm³/mol. The molecule has 0 fully saturated rings. The van der Waals surface area contributed by atoms with E-state index in [0.29, 0.717) is 5.78 Å². The van der Waals surface area contributed by atoms with Crippen LogP contribution in [0.3, 0.4) is 0 Å². The molecule has 25 heavy (non-hydrogen) atoms. The number of nitrogens with zero attached hydrogens (tertiary/aromatic N) is 3. The minimum Gasteiger partial charge on any atom is -0.357 e. The van der Waals surface area contributed by atoms with Gasteiger partial charge in [0, 0.05) is 42.7 Å². The molecule has 2 heterocycles. The first-order chi connectivity index (χ1) is 12.3. The van der Waals surface area contributed by atoms with Gasteiger partial charge in [-0.05, 0) is 24.5 Å². The highest BCUT2D eigenvalue weighted by Gasteiger charge is 2.42. The molecule has 1 aromatic carbocycles. The summed E-state index contributed by atoms with van der Waals surface area (Å²) in [6, 6.07) is 8.39. The summed E-state index contributed by atoms with van der Waals surface area (Å²) in [5.74, 6) is 0.393. The maximum absolute atomic E-state index is 13.3. The molecule has 2 atom stereocenters. The number of unbranched alkanes of at least 4 members (excludes halogenated alkanes) is 2. The molecule has 2 unspecified atom stereocenters. The van der Waals surface area contributed by atoms with Crippen LogP contribution in [0.2, 0.25) is 0 Å². The number of Topliss-reactive ketones (excluding diaryl/α,β-unsaturated/α-hetero) is 1. The van der Waals surface area contributed by atoms with Crippen molar-refractivity contribution in [1.29, 1.82) is 0 Å². The molecule has 0 saturated carbocycles. The summed E-state index contributed by atoms with van der Waals surface area (Å²) in [5.41, 5.74) is 3.70. The summed E-state index contributed by atoms with van der Waals surface area (Å²) in [5, 5.41) is 0. The number of fused-ring (bicyclic) bond motifs is 3. The smallest absolute Gasteiger partial charge is 0.164 e. The molecule has 130 valence electrons. The van der Waals surface area contributed by atoms with Gasteiger partial charge in [0.2, 0.25) is 0 Å². The number of carbonyl (C=O) groups is 1. The van der Waals surface area contributed by atoms with Crippen molar-refractivity contribution >= 4 is 17.0 Å². The van der Waals surface area contributed by atoms with Gasteiger partial charge in [-0.2, -0.15) is 0 Å². The number of allylic oxidation sites excluding steroid dienone is 1. The lowest BCUT2D eigenvalue weighted by Gasteiger charge is -2.32. The number of imidazole rings is 1. The number of aromatic nitrogens is 2. The molecular formula is C21H25N3O. The molecule has 4 heteroatoms. The molecular weight excluding hydrogens is 310 g/mol. The predicted octanol–water partition coefficient (Wildman–Crippen LogP) is 3.93. The van der Waals surface area contributed by atoms with E-state index >= 15 is 0 Å². The first kappa shape index (κ1) is 16.1. The van der Waals surface area contributed by atoms with Crippen LogP contribution >= 0.6 is 0 Å². The molecule has 0 N–H and O–H groups in total. The van der Waals surface area contributed by atoms with Crippen LogP contribution in [0.4, 0.5) is 5.69 Å². The third-order valence-electron chi connectivity index (χ3n) is 5.42. The van der Waals surface area contributed by atoms with E-state index in [0.717, 1.165) is 25.9 Å². The molecule has 1 aliphatic heterocycles. The summed E-state index contributed by atoms with van der Waals surface area (Å²) in [7, 11) is 0. The van der Waals surface area contributed by atoms with Crippen LogP contribution in [0.1, 0.15) is 38.2 Å². The van der Waals surface area contributed by atoms with Crippen LogP contribution in [0.15, 0.2) is 49.1 Å². The standard InChI is InChI=1S/C21H25N3O/c1-2-3-6-12-24-19-8-5-4-7-17(19)18-10-9-16(21(25)20(18)24)14-23-13-11-22-15-23/h4-5,7-8,10-11,13,15-16,20H,2-3,6,9,12,14H2,1H3. The average molecular weight is 335 g/mol. The quantitative estimate of drug-likeness (QED) is 0.751. The zero-order valence-electron chi connectivity index (χ0n) is 14.8. The Hall–Kier alpha value is -2.36. The third-order valence-corrected chi connectivity index (χ3v) is 5.42. The number of benzene rings is 1. The summed E-state index contributed by atoms with van der Waals surface area (Å²) in [6.07, 6.45) is 12.2. The van der Waals surface area contributed by atoms with Gasteiger partial charge in [-0.3, -0.25) is 4.79 Å². The Morgan fingerprint density at radius 3 is 2.92 bits per heavy atom. The van der Waals surface area contributed by atoms with E-state index in [4.69, 9.17) is 0 Å².